The average Bonchev–Trinajstić information content (AvgIpc) is 2.35. The van der Waals surface area contributed by atoms with Gasteiger partial charge in [-0.3, -0.25) is 0 Å². The number of aromatic nitrogens is 1. The van der Waals surface area contributed by atoms with E-state index in [-0.39, 0.29) is 16.8 Å². The van der Waals surface area contributed by atoms with E-state index >= 15 is 0 Å². The van der Waals surface area contributed by atoms with Crippen LogP contribution >= 0.6 is 11.6 Å². The maximum Gasteiger partial charge on any atom is 0.335 e. The molecule has 1 aromatic heterocycles. The van der Waals surface area contributed by atoms with E-state index in [1.165, 1.54) is 12.1 Å². The number of anilines is 1. The zero-order valence-corrected chi connectivity index (χ0v) is 12.2. The van der Waals surface area contributed by atoms with Crippen LogP contribution < -0.4 is 5.32 Å². The molecule has 0 saturated carbocycles. The van der Waals surface area contributed by atoms with E-state index in [1.54, 1.807) is 0 Å². The first-order chi connectivity index (χ1) is 8.96. The van der Waals surface area contributed by atoms with Gasteiger partial charge in [-0.1, -0.05) is 25.4 Å². The summed E-state index contributed by atoms with van der Waals surface area (Å²) in [5.74, 6) is -0.520. The van der Waals surface area contributed by atoms with Crippen molar-refractivity contribution in [2.24, 2.45) is 0 Å². The molecular weight excluding hydrogens is 266 g/mol. The Morgan fingerprint density at radius 3 is 2.63 bits per heavy atom. The van der Waals surface area contributed by atoms with Gasteiger partial charge in [-0.2, -0.15) is 0 Å². The Hall–Kier alpha value is -1.33. The molecule has 1 heterocycles. The molecule has 0 aliphatic heterocycles. The lowest BCUT2D eigenvalue weighted by molar-refractivity contribution is 0.0697. The summed E-state index contributed by atoms with van der Waals surface area (Å²) in [4.78, 5) is 17.3. The van der Waals surface area contributed by atoms with Crippen LogP contribution in [-0.2, 0) is 0 Å². The molecule has 2 N–H and O–H groups in total. The third-order valence-electron chi connectivity index (χ3n) is 2.86. The van der Waals surface area contributed by atoms with Crippen molar-refractivity contribution in [1.29, 1.82) is 0 Å². The number of halogens is 1. The molecule has 1 aromatic rings. The smallest absolute Gasteiger partial charge is 0.335 e. The first-order valence-electron chi connectivity index (χ1n) is 6.36. The molecule has 106 valence electrons. The minimum Gasteiger partial charge on any atom is -0.478 e. The molecule has 5 nitrogen and oxygen atoms in total. The van der Waals surface area contributed by atoms with Crippen molar-refractivity contribution < 1.29 is 9.90 Å². The highest BCUT2D eigenvalue weighted by molar-refractivity contribution is 6.29. The minimum atomic E-state index is -1.01. The van der Waals surface area contributed by atoms with Crippen LogP contribution in [-0.4, -0.2) is 46.6 Å². The fourth-order valence-corrected chi connectivity index (χ4v) is 2.07. The van der Waals surface area contributed by atoms with E-state index in [4.69, 9.17) is 16.7 Å². The number of nitrogens with one attached hydrogen (secondary N) is 1. The Morgan fingerprint density at radius 1 is 1.47 bits per heavy atom. The monoisotopic (exact) mass is 285 g/mol. The summed E-state index contributed by atoms with van der Waals surface area (Å²) in [7, 11) is 0. The number of rotatable bonds is 7. The highest BCUT2D eigenvalue weighted by atomic mass is 35.5. The second-order valence-electron chi connectivity index (χ2n) is 4.40. The molecule has 19 heavy (non-hydrogen) atoms. The zero-order valence-electron chi connectivity index (χ0n) is 11.5. The van der Waals surface area contributed by atoms with Crippen molar-refractivity contribution in [2.45, 2.75) is 26.8 Å². The molecule has 0 saturated heterocycles. The molecule has 0 bridgehead atoms. The van der Waals surface area contributed by atoms with Gasteiger partial charge in [0.25, 0.3) is 0 Å². The molecule has 0 aromatic carbocycles. The van der Waals surface area contributed by atoms with Crippen molar-refractivity contribution in [3.8, 4) is 0 Å². The summed E-state index contributed by atoms with van der Waals surface area (Å²) >= 11 is 5.81. The minimum absolute atomic E-state index is 0.137. The number of carboxylic acids is 1. The number of nitrogens with zero attached hydrogens (tertiary/aromatic N) is 2. The number of carbonyl (C=O) groups is 1. The molecule has 6 heteroatoms. The van der Waals surface area contributed by atoms with Gasteiger partial charge in [0, 0.05) is 12.6 Å². The van der Waals surface area contributed by atoms with E-state index < -0.39 is 5.97 Å². The van der Waals surface area contributed by atoms with Crippen LogP contribution in [0.1, 0.15) is 31.1 Å². The highest BCUT2D eigenvalue weighted by Gasteiger charge is 2.11. The van der Waals surface area contributed by atoms with Crippen LogP contribution in [0.5, 0.6) is 0 Å². The molecule has 0 spiro atoms. The van der Waals surface area contributed by atoms with Gasteiger partial charge in [-0.25, -0.2) is 9.78 Å². The average molecular weight is 286 g/mol. The number of pyridine rings is 1. The summed E-state index contributed by atoms with van der Waals surface area (Å²) in [6, 6.07) is 2.99. The molecule has 1 atom stereocenters. The lowest BCUT2D eigenvalue weighted by atomic mass is 10.2. The Morgan fingerprint density at radius 2 is 2.11 bits per heavy atom. The highest BCUT2D eigenvalue weighted by Crippen LogP contribution is 2.15. The number of hydrogen-bond acceptors (Lipinski definition) is 4. The van der Waals surface area contributed by atoms with Crippen LogP contribution in [0.4, 0.5) is 5.82 Å². The fourth-order valence-electron chi connectivity index (χ4n) is 1.86. The predicted molar refractivity (Wildman–Crippen MR) is 77.1 cm³/mol. The maximum absolute atomic E-state index is 10.9. The Kier molecular flexibility index (Phi) is 6.05. The Bertz CT molecular complexity index is 436. The van der Waals surface area contributed by atoms with Gasteiger partial charge in [-0.05, 0) is 32.1 Å². The topological polar surface area (TPSA) is 65.5 Å². The SMILES string of the molecule is CCN(CC)CC(C)Nc1cc(C(=O)O)cc(Cl)n1. The van der Waals surface area contributed by atoms with E-state index in [2.05, 4.69) is 29.0 Å². The largest absolute Gasteiger partial charge is 0.478 e. The van der Waals surface area contributed by atoms with E-state index in [0.29, 0.717) is 5.82 Å². The quantitative estimate of drug-likeness (QED) is 0.754. The van der Waals surface area contributed by atoms with Gasteiger partial charge in [-0.15, -0.1) is 0 Å². The molecule has 1 rings (SSSR count). The van der Waals surface area contributed by atoms with E-state index in [1.807, 2.05) is 6.92 Å². The van der Waals surface area contributed by atoms with Crippen molar-refractivity contribution >= 4 is 23.4 Å². The lowest BCUT2D eigenvalue weighted by Crippen LogP contribution is -2.35. The summed E-state index contributed by atoms with van der Waals surface area (Å²) in [5.41, 5.74) is 0.137. The molecule has 0 radical (unpaired) electrons. The van der Waals surface area contributed by atoms with Crippen LogP contribution in [0.3, 0.4) is 0 Å². The van der Waals surface area contributed by atoms with E-state index in [0.717, 1.165) is 19.6 Å². The Balaban J connectivity index is 2.73. The molecule has 0 aliphatic rings. The van der Waals surface area contributed by atoms with Crippen LogP contribution in [0.25, 0.3) is 0 Å². The summed E-state index contributed by atoms with van der Waals surface area (Å²) in [6.45, 7) is 9.06. The van der Waals surface area contributed by atoms with Crippen molar-refractivity contribution in [3.63, 3.8) is 0 Å². The number of likely N-dealkylation sites (N-methyl/N-ethyl adjacent to an activating group) is 1. The number of carboxylic acid groups (broad SMARTS) is 1. The van der Waals surface area contributed by atoms with Gasteiger partial charge in [0.2, 0.25) is 0 Å². The molecule has 1 unspecified atom stereocenters. The lowest BCUT2D eigenvalue weighted by Gasteiger charge is -2.23. The third kappa shape index (κ3) is 5.04. The van der Waals surface area contributed by atoms with Gasteiger partial charge in [0.15, 0.2) is 0 Å². The van der Waals surface area contributed by atoms with Crippen molar-refractivity contribution in [1.82, 2.24) is 9.88 Å². The van der Waals surface area contributed by atoms with Gasteiger partial charge >= 0.3 is 5.97 Å². The van der Waals surface area contributed by atoms with Gasteiger partial charge in [0.05, 0.1) is 5.56 Å². The zero-order chi connectivity index (χ0) is 14.4. The van der Waals surface area contributed by atoms with Gasteiger partial charge < -0.3 is 15.3 Å². The summed E-state index contributed by atoms with van der Waals surface area (Å²) in [5, 5.41) is 12.3. The van der Waals surface area contributed by atoms with Crippen LogP contribution in [0.2, 0.25) is 5.15 Å². The second kappa shape index (κ2) is 7.31. The summed E-state index contributed by atoms with van der Waals surface area (Å²) in [6.07, 6.45) is 0. The second-order valence-corrected chi connectivity index (χ2v) is 4.79. The first-order valence-corrected chi connectivity index (χ1v) is 6.73. The molecule has 0 amide bonds. The molecule has 0 aliphatic carbocycles. The van der Waals surface area contributed by atoms with Crippen molar-refractivity contribution in [3.05, 3.63) is 22.8 Å². The molecular formula is C13H20ClN3O2. The standard InChI is InChI=1S/C13H20ClN3O2/c1-4-17(5-2)8-9(3)15-12-7-10(13(18)19)6-11(14)16-12/h6-7,9H,4-5,8H2,1-3H3,(H,15,16)(H,18,19). The van der Waals surface area contributed by atoms with E-state index in [9.17, 15) is 4.79 Å². The number of aromatic carboxylic acids is 1. The van der Waals surface area contributed by atoms with Gasteiger partial charge in [0.1, 0.15) is 11.0 Å². The summed E-state index contributed by atoms with van der Waals surface area (Å²) < 4.78 is 0. The predicted octanol–water partition coefficient (Wildman–Crippen LogP) is 2.58. The maximum atomic E-state index is 10.9. The van der Waals surface area contributed by atoms with Crippen molar-refractivity contribution in [2.75, 3.05) is 25.0 Å². The fraction of sp³-hybridized carbons (Fsp3) is 0.538. The first kappa shape index (κ1) is 15.7. The number of hydrogen-bond donors (Lipinski definition) is 2. The molecule has 0 fully saturated rings. The normalized spacial score (nSPS) is 12.5. The third-order valence-corrected chi connectivity index (χ3v) is 3.06. The van der Waals surface area contributed by atoms with Crippen LogP contribution in [0.15, 0.2) is 12.1 Å². The van der Waals surface area contributed by atoms with Crippen LogP contribution in [0, 0.1) is 0 Å². The Labute approximate surface area is 118 Å².